The third-order valence-electron chi connectivity index (χ3n) is 3.49. The van der Waals surface area contributed by atoms with Crippen LogP contribution in [0.15, 0.2) is 42.5 Å². The van der Waals surface area contributed by atoms with E-state index in [2.05, 4.69) is 15.4 Å². The number of anilines is 1. The van der Waals surface area contributed by atoms with Gasteiger partial charge in [0.05, 0.1) is 5.69 Å². The van der Waals surface area contributed by atoms with E-state index in [1.165, 1.54) is 36.4 Å². The number of carbonyl (C=O) groups excluding carboxylic acids is 2. The molecule has 0 aliphatic carbocycles. The van der Waals surface area contributed by atoms with Crippen molar-refractivity contribution in [1.29, 1.82) is 0 Å². The molecule has 2 amide bonds. The first-order valence-corrected chi connectivity index (χ1v) is 7.50. The number of hydrogen-bond acceptors (Lipinski definition) is 4. The number of rotatable bonds is 4. The van der Waals surface area contributed by atoms with Gasteiger partial charge in [-0.15, -0.1) is 13.2 Å². The highest BCUT2D eigenvalue weighted by molar-refractivity contribution is 5.98. The van der Waals surface area contributed by atoms with Crippen LogP contribution in [0.2, 0.25) is 0 Å². The van der Waals surface area contributed by atoms with Gasteiger partial charge in [-0.2, -0.15) is 0 Å². The Morgan fingerprint density at radius 3 is 2.62 bits per heavy atom. The Balaban J connectivity index is 1.59. The van der Waals surface area contributed by atoms with Gasteiger partial charge in [-0.1, -0.05) is 12.1 Å². The van der Waals surface area contributed by atoms with Crippen molar-refractivity contribution in [3.05, 3.63) is 53.6 Å². The molecule has 26 heavy (non-hydrogen) atoms. The summed E-state index contributed by atoms with van der Waals surface area (Å²) in [7, 11) is 0. The third kappa shape index (κ3) is 4.44. The molecule has 2 aromatic rings. The summed E-state index contributed by atoms with van der Waals surface area (Å²) >= 11 is 0. The molecule has 0 radical (unpaired) electrons. The number of fused-ring (bicyclic) bond motifs is 1. The molecule has 0 saturated carbocycles. The number of benzene rings is 2. The second kappa shape index (κ2) is 6.95. The third-order valence-corrected chi connectivity index (χ3v) is 3.49. The number of halogens is 3. The fourth-order valence-electron chi connectivity index (χ4n) is 2.31. The lowest BCUT2D eigenvalue weighted by molar-refractivity contribution is -0.274. The average molecular weight is 366 g/mol. The van der Waals surface area contributed by atoms with E-state index in [1.807, 2.05) is 0 Å². The van der Waals surface area contributed by atoms with Crippen molar-refractivity contribution >= 4 is 17.5 Å². The zero-order valence-corrected chi connectivity index (χ0v) is 13.2. The van der Waals surface area contributed by atoms with Crippen molar-refractivity contribution in [2.75, 3.05) is 11.9 Å². The molecule has 6 nitrogen and oxygen atoms in total. The minimum atomic E-state index is -4.75. The van der Waals surface area contributed by atoms with Crippen molar-refractivity contribution in [1.82, 2.24) is 5.32 Å². The number of carbonyl (C=O) groups is 2. The molecular weight excluding hydrogens is 353 g/mol. The van der Waals surface area contributed by atoms with Crippen LogP contribution in [0.3, 0.4) is 0 Å². The zero-order valence-electron chi connectivity index (χ0n) is 13.2. The van der Waals surface area contributed by atoms with E-state index in [0.29, 0.717) is 22.6 Å². The lowest BCUT2D eigenvalue weighted by Crippen LogP contribution is -2.26. The van der Waals surface area contributed by atoms with Crippen LogP contribution in [-0.2, 0) is 11.3 Å². The largest absolute Gasteiger partial charge is 0.573 e. The van der Waals surface area contributed by atoms with Crippen LogP contribution in [0.5, 0.6) is 11.5 Å². The summed E-state index contributed by atoms with van der Waals surface area (Å²) in [5.74, 6) is -0.594. The van der Waals surface area contributed by atoms with Gasteiger partial charge in [0, 0.05) is 12.1 Å². The molecular formula is C17H13F3N2O4. The van der Waals surface area contributed by atoms with E-state index in [9.17, 15) is 22.8 Å². The molecule has 0 atom stereocenters. The van der Waals surface area contributed by atoms with Gasteiger partial charge in [-0.25, -0.2) is 0 Å². The summed E-state index contributed by atoms with van der Waals surface area (Å²) in [5.41, 5.74) is 1.42. The quantitative estimate of drug-likeness (QED) is 0.873. The lowest BCUT2D eigenvalue weighted by Gasteiger charge is -2.18. The number of hydrogen-bond donors (Lipinski definition) is 2. The fraction of sp³-hybridized carbons (Fsp3) is 0.176. The van der Waals surface area contributed by atoms with Crippen LogP contribution in [0.25, 0.3) is 0 Å². The highest BCUT2D eigenvalue weighted by Crippen LogP contribution is 2.28. The first-order valence-electron chi connectivity index (χ1n) is 7.50. The second-order valence-corrected chi connectivity index (χ2v) is 5.42. The Bertz CT molecular complexity index is 835. The predicted octanol–water partition coefficient (Wildman–Crippen LogP) is 2.85. The summed E-state index contributed by atoms with van der Waals surface area (Å²) in [4.78, 5) is 23.4. The first-order chi connectivity index (χ1) is 12.3. The normalized spacial score (nSPS) is 13.3. The van der Waals surface area contributed by atoms with Crippen LogP contribution >= 0.6 is 0 Å². The molecule has 1 heterocycles. The van der Waals surface area contributed by atoms with E-state index in [4.69, 9.17) is 4.74 Å². The maximum atomic E-state index is 12.2. The van der Waals surface area contributed by atoms with Gasteiger partial charge in [-0.05, 0) is 35.9 Å². The van der Waals surface area contributed by atoms with Gasteiger partial charge < -0.3 is 20.1 Å². The van der Waals surface area contributed by atoms with Crippen molar-refractivity contribution in [2.45, 2.75) is 12.9 Å². The maximum Gasteiger partial charge on any atom is 0.573 e. The number of alkyl halides is 3. The highest BCUT2D eigenvalue weighted by atomic mass is 19.4. The van der Waals surface area contributed by atoms with Crippen molar-refractivity contribution in [2.24, 2.45) is 0 Å². The monoisotopic (exact) mass is 366 g/mol. The Labute approximate surface area is 145 Å². The minimum Gasteiger partial charge on any atom is -0.482 e. The highest BCUT2D eigenvalue weighted by Gasteiger charge is 2.30. The molecule has 0 unspecified atom stereocenters. The summed E-state index contributed by atoms with van der Waals surface area (Å²) < 4.78 is 45.4. The number of nitrogens with one attached hydrogen (secondary N) is 2. The lowest BCUT2D eigenvalue weighted by atomic mass is 10.1. The number of ether oxygens (including phenoxy) is 2. The Hall–Kier alpha value is -3.23. The first kappa shape index (κ1) is 17.6. The van der Waals surface area contributed by atoms with Gasteiger partial charge >= 0.3 is 6.36 Å². The van der Waals surface area contributed by atoms with Crippen LogP contribution in [0.1, 0.15) is 15.9 Å². The summed E-state index contributed by atoms with van der Waals surface area (Å²) in [5, 5.41) is 5.27. The predicted molar refractivity (Wildman–Crippen MR) is 84.9 cm³/mol. The van der Waals surface area contributed by atoms with E-state index < -0.39 is 6.36 Å². The maximum absolute atomic E-state index is 12.2. The molecule has 136 valence electrons. The molecule has 1 aliphatic heterocycles. The topological polar surface area (TPSA) is 76.7 Å². The molecule has 0 aromatic heterocycles. The van der Waals surface area contributed by atoms with Crippen LogP contribution in [0, 0.1) is 0 Å². The molecule has 3 rings (SSSR count). The smallest absolute Gasteiger partial charge is 0.482 e. The summed E-state index contributed by atoms with van der Waals surface area (Å²) in [6.07, 6.45) is -4.75. The average Bonchev–Trinajstić information content (AvgIpc) is 2.59. The molecule has 0 fully saturated rings. The SMILES string of the molecule is O=C1COc2cc(C(=O)NCc3ccc(OC(F)(F)F)cc3)ccc2N1. The fourth-order valence-corrected chi connectivity index (χ4v) is 2.31. The van der Waals surface area contributed by atoms with E-state index in [-0.39, 0.29) is 30.7 Å². The Morgan fingerprint density at radius 1 is 1.19 bits per heavy atom. The van der Waals surface area contributed by atoms with Gasteiger partial charge in [0.25, 0.3) is 11.8 Å². The molecule has 0 spiro atoms. The molecule has 2 aromatic carbocycles. The van der Waals surface area contributed by atoms with E-state index >= 15 is 0 Å². The minimum absolute atomic E-state index is 0.121. The molecule has 9 heteroatoms. The van der Waals surface area contributed by atoms with Crippen molar-refractivity contribution in [3.63, 3.8) is 0 Å². The van der Waals surface area contributed by atoms with Crippen LogP contribution in [0.4, 0.5) is 18.9 Å². The van der Waals surface area contributed by atoms with Crippen LogP contribution < -0.4 is 20.1 Å². The van der Waals surface area contributed by atoms with Gasteiger partial charge in [-0.3, -0.25) is 9.59 Å². The second-order valence-electron chi connectivity index (χ2n) is 5.42. The van der Waals surface area contributed by atoms with E-state index in [0.717, 1.165) is 0 Å². The molecule has 2 N–H and O–H groups in total. The van der Waals surface area contributed by atoms with Gasteiger partial charge in [0.2, 0.25) is 0 Å². The van der Waals surface area contributed by atoms with Gasteiger partial charge in [0.1, 0.15) is 11.5 Å². The van der Waals surface area contributed by atoms with Crippen molar-refractivity contribution in [3.8, 4) is 11.5 Å². The Morgan fingerprint density at radius 2 is 1.92 bits per heavy atom. The summed E-state index contributed by atoms with van der Waals surface area (Å²) in [6.45, 7) is 0.00419. The Kier molecular flexibility index (Phi) is 4.70. The van der Waals surface area contributed by atoms with E-state index in [1.54, 1.807) is 6.07 Å². The molecule has 0 bridgehead atoms. The van der Waals surface area contributed by atoms with Crippen molar-refractivity contribution < 1.29 is 32.2 Å². The van der Waals surface area contributed by atoms with Crippen LogP contribution in [-0.4, -0.2) is 24.8 Å². The standard InChI is InChI=1S/C17H13F3N2O4/c18-17(19,20)26-12-4-1-10(2-5-12)8-21-16(24)11-3-6-13-14(7-11)25-9-15(23)22-13/h1-7H,8-9H2,(H,21,24)(H,22,23). The number of amides is 2. The summed E-state index contributed by atoms with van der Waals surface area (Å²) in [6, 6.07) is 9.78. The molecule has 1 aliphatic rings. The zero-order chi connectivity index (χ0) is 18.7. The van der Waals surface area contributed by atoms with Gasteiger partial charge in [0.15, 0.2) is 6.61 Å². The molecule has 0 saturated heterocycles.